The molecule has 4 aromatic heterocycles. The third-order valence-corrected chi connectivity index (χ3v) is 11.5. The molecule has 2 aliphatic carbocycles. The molecule has 0 atom stereocenters. The first-order valence-electron chi connectivity index (χ1n) is 17.8. The standard InChI is InChI=1S/C48H28N4/c1-4-14-39-33(10-1)34-11-2-5-15-40(34)48(39)41-16-6-3-12-35(41)36-22-19-32(28-42(36)48)31-20-23-43-38(27-31)37-13-8-26-50-47(37)52(43)44-24-21-30-18-17-29-9-7-25-49-45(29)46(30)51-44/h1-28H. The maximum atomic E-state index is 5.22. The van der Waals surface area contributed by atoms with Crippen molar-refractivity contribution in [2.75, 3.05) is 0 Å². The van der Waals surface area contributed by atoms with Crippen molar-refractivity contribution >= 4 is 43.7 Å². The molecule has 4 nitrogen and oxygen atoms in total. The minimum Gasteiger partial charge on any atom is -0.278 e. The third kappa shape index (κ3) is 3.48. The predicted molar refractivity (Wildman–Crippen MR) is 211 cm³/mol. The molecule has 12 rings (SSSR count). The molecule has 0 radical (unpaired) electrons. The summed E-state index contributed by atoms with van der Waals surface area (Å²) in [5.74, 6) is 0.827. The summed E-state index contributed by atoms with van der Waals surface area (Å²) in [5.41, 5.74) is 16.4. The highest BCUT2D eigenvalue weighted by molar-refractivity contribution is 6.10. The van der Waals surface area contributed by atoms with Crippen LogP contribution in [-0.2, 0) is 5.41 Å². The Morgan fingerprint density at radius 1 is 0.423 bits per heavy atom. The number of pyridine rings is 3. The molecule has 0 saturated carbocycles. The molecule has 10 aromatic rings. The molecule has 6 aromatic carbocycles. The zero-order valence-electron chi connectivity index (χ0n) is 28.0. The Kier molecular flexibility index (Phi) is 5.40. The summed E-state index contributed by atoms with van der Waals surface area (Å²) in [4.78, 5) is 14.8. The number of benzene rings is 6. The van der Waals surface area contributed by atoms with E-state index in [1.54, 1.807) is 0 Å². The van der Waals surface area contributed by atoms with Gasteiger partial charge in [-0.05, 0) is 104 Å². The topological polar surface area (TPSA) is 43.6 Å². The highest BCUT2D eigenvalue weighted by Crippen LogP contribution is 2.63. The Balaban J connectivity index is 1.08. The van der Waals surface area contributed by atoms with Crippen molar-refractivity contribution in [2.24, 2.45) is 0 Å². The smallest absolute Gasteiger partial charge is 0.146 e. The summed E-state index contributed by atoms with van der Waals surface area (Å²) >= 11 is 0. The number of nitrogens with zero attached hydrogens (tertiary/aromatic N) is 4. The van der Waals surface area contributed by atoms with Crippen molar-refractivity contribution in [3.63, 3.8) is 0 Å². The van der Waals surface area contributed by atoms with Gasteiger partial charge < -0.3 is 0 Å². The summed E-state index contributed by atoms with van der Waals surface area (Å²) in [6.07, 6.45) is 3.70. The van der Waals surface area contributed by atoms with Gasteiger partial charge in [0, 0.05) is 33.9 Å². The molecule has 4 heterocycles. The zero-order chi connectivity index (χ0) is 34.0. The van der Waals surface area contributed by atoms with Gasteiger partial charge in [-0.2, -0.15) is 0 Å². The van der Waals surface area contributed by atoms with Crippen molar-refractivity contribution in [1.82, 2.24) is 19.5 Å². The van der Waals surface area contributed by atoms with Crippen LogP contribution < -0.4 is 0 Å². The van der Waals surface area contributed by atoms with Crippen molar-refractivity contribution in [2.45, 2.75) is 5.41 Å². The van der Waals surface area contributed by atoms with Crippen molar-refractivity contribution in [3.05, 3.63) is 192 Å². The van der Waals surface area contributed by atoms with Crippen LogP contribution in [0.2, 0.25) is 0 Å². The maximum Gasteiger partial charge on any atom is 0.146 e. The van der Waals surface area contributed by atoms with E-state index in [-0.39, 0.29) is 5.41 Å². The number of hydrogen-bond donors (Lipinski definition) is 0. The summed E-state index contributed by atoms with van der Waals surface area (Å²) in [6.45, 7) is 0. The van der Waals surface area contributed by atoms with Crippen LogP contribution in [0.5, 0.6) is 0 Å². The van der Waals surface area contributed by atoms with Crippen LogP contribution in [0.3, 0.4) is 0 Å². The third-order valence-electron chi connectivity index (χ3n) is 11.5. The van der Waals surface area contributed by atoms with Gasteiger partial charge in [-0.25, -0.2) is 9.97 Å². The number of rotatable bonds is 2. The first-order valence-corrected chi connectivity index (χ1v) is 17.8. The van der Waals surface area contributed by atoms with Crippen LogP contribution in [-0.4, -0.2) is 19.5 Å². The molecule has 0 saturated heterocycles. The van der Waals surface area contributed by atoms with Crippen LogP contribution in [0.4, 0.5) is 0 Å². The Bertz CT molecular complexity index is 3090. The zero-order valence-corrected chi connectivity index (χ0v) is 28.0. The summed E-state index contributed by atoms with van der Waals surface area (Å²) in [7, 11) is 0. The minimum atomic E-state index is -0.375. The summed E-state index contributed by atoms with van der Waals surface area (Å²) in [6, 6.07) is 57.6. The van der Waals surface area contributed by atoms with Crippen LogP contribution in [0, 0.1) is 0 Å². The van der Waals surface area contributed by atoms with E-state index in [1.165, 1.54) is 55.6 Å². The van der Waals surface area contributed by atoms with Gasteiger partial charge in [0.05, 0.1) is 22.0 Å². The van der Waals surface area contributed by atoms with E-state index in [0.717, 1.165) is 49.6 Å². The first kappa shape index (κ1) is 27.9. The van der Waals surface area contributed by atoms with Crippen LogP contribution in [0.1, 0.15) is 22.3 Å². The van der Waals surface area contributed by atoms with E-state index in [2.05, 4.69) is 150 Å². The molecule has 0 unspecified atom stereocenters. The van der Waals surface area contributed by atoms with Gasteiger partial charge in [0.25, 0.3) is 0 Å². The van der Waals surface area contributed by atoms with E-state index < -0.39 is 0 Å². The molecule has 2 aliphatic rings. The predicted octanol–water partition coefficient (Wildman–Crippen LogP) is 11.3. The number of hydrogen-bond acceptors (Lipinski definition) is 3. The van der Waals surface area contributed by atoms with Gasteiger partial charge in [0.15, 0.2) is 0 Å². The molecule has 0 bridgehead atoms. The van der Waals surface area contributed by atoms with Crippen LogP contribution in [0.15, 0.2) is 170 Å². The normalized spacial score (nSPS) is 13.5. The Morgan fingerprint density at radius 3 is 1.77 bits per heavy atom. The van der Waals surface area contributed by atoms with Gasteiger partial charge in [-0.3, -0.25) is 9.55 Å². The summed E-state index contributed by atoms with van der Waals surface area (Å²) < 4.78 is 2.19. The lowest BCUT2D eigenvalue weighted by Gasteiger charge is -2.30. The average molecular weight is 661 g/mol. The largest absolute Gasteiger partial charge is 0.278 e. The fourth-order valence-corrected chi connectivity index (χ4v) is 9.37. The van der Waals surface area contributed by atoms with E-state index in [1.807, 2.05) is 24.5 Å². The Labute approximate surface area is 299 Å². The van der Waals surface area contributed by atoms with Crippen LogP contribution in [0.25, 0.3) is 82.9 Å². The van der Waals surface area contributed by atoms with Crippen LogP contribution >= 0.6 is 0 Å². The van der Waals surface area contributed by atoms with Crippen molar-refractivity contribution in [3.8, 4) is 39.2 Å². The molecular formula is C48H28N4. The van der Waals surface area contributed by atoms with Gasteiger partial charge in [0.1, 0.15) is 11.5 Å². The molecule has 0 aliphatic heterocycles. The van der Waals surface area contributed by atoms with Crippen molar-refractivity contribution < 1.29 is 0 Å². The van der Waals surface area contributed by atoms with Crippen molar-refractivity contribution in [1.29, 1.82) is 0 Å². The lowest BCUT2D eigenvalue weighted by atomic mass is 9.70. The van der Waals surface area contributed by atoms with E-state index >= 15 is 0 Å². The number of aromatic nitrogens is 4. The minimum absolute atomic E-state index is 0.375. The molecule has 4 heteroatoms. The highest BCUT2D eigenvalue weighted by atomic mass is 15.1. The fraction of sp³-hybridized carbons (Fsp3) is 0.0208. The maximum absolute atomic E-state index is 5.22. The second-order valence-corrected chi connectivity index (χ2v) is 14.0. The van der Waals surface area contributed by atoms with Gasteiger partial charge >= 0.3 is 0 Å². The SMILES string of the molecule is c1ccc2c(c1)-c1ccccc1C21c2ccccc2-c2ccc(-c3ccc4c(c3)c3cccnc3n4-c3ccc4ccc5cccnc5c4n3)cc21. The molecular weight excluding hydrogens is 633 g/mol. The molecule has 240 valence electrons. The quantitative estimate of drug-likeness (QED) is 0.173. The lowest BCUT2D eigenvalue weighted by molar-refractivity contribution is 0.794. The molecule has 1 spiro atoms. The van der Waals surface area contributed by atoms with Gasteiger partial charge in [-0.1, -0.05) is 109 Å². The number of fused-ring (bicyclic) bond motifs is 16. The monoisotopic (exact) mass is 660 g/mol. The second-order valence-electron chi connectivity index (χ2n) is 14.0. The summed E-state index contributed by atoms with van der Waals surface area (Å²) in [5, 5.41) is 4.39. The molecule has 52 heavy (non-hydrogen) atoms. The van der Waals surface area contributed by atoms with E-state index in [0.29, 0.717) is 0 Å². The highest BCUT2D eigenvalue weighted by Gasteiger charge is 2.51. The molecule has 0 amide bonds. The fourth-order valence-electron chi connectivity index (χ4n) is 9.37. The van der Waals surface area contributed by atoms with E-state index in [4.69, 9.17) is 15.0 Å². The Morgan fingerprint density at radius 2 is 1.02 bits per heavy atom. The van der Waals surface area contributed by atoms with E-state index in [9.17, 15) is 0 Å². The molecule has 0 N–H and O–H groups in total. The van der Waals surface area contributed by atoms with Gasteiger partial charge in [0.2, 0.25) is 0 Å². The molecule has 0 fully saturated rings. The first-order chi connectivity index (χ1) is 25.8. The Hall–Kier alpha value is -6.91. The average Bonchev–Trinajstić information content (AvgIpc) is 3.82. The lowest BCUT2D eigenvalue weighted by Crippen LogP contribution is -2.25. The van der Waals surface area contributed by atoms with Gasteiger partial charge in [-0.15, -0.1) is 0 Å². The second kappa shape index (κ2) is 10.1.